The molecule has 2 saturated heterocycles. The van der Waals surface area contributed by atoms with E-state index in [4.69, 9.17) is 28.4 Å². The Morgan fingerprint density at radius 2 is 0.545 bits per heavy atom. The molecule has 2 saturated carbocycles. The lowest BCUT2D eigenvalue weighted by Crippen LogP contribution is -2.37. The Bertz CT molecular complexity index is 1030. The van der Waals surface area contributed by atoms with Crippen LogP contribution in [0.3, 0.4) is 0 Å². The van der Waals surface area contributed by atoms with Crippen molar-refractivity contribution in [2.75, 3.05) is 26.4 Å². The second-order valence-electron chi connectivity index (χ2n) is 16.9. The number of rotatable bonds is 32. The van der Waals surface area contributed by atoms with Gasteiger partial charge in [-0.25, -0.2) is 0 Å². The number of hydrogen-bond acceptors (Lipinski definition) is 10. The first-order valence-electron chi connectivity index (χ1n) is 22.9. The maximum atomic E-state index is 12.9. The number of ether oxygens (including phenoxy) is 6. The molecule has 4 fully saturated rings. The van der Waals surface area contributed by atoms with Crippen molar-refractivity contribution >= 4 is 23.9 Å². The third-order valence-electron chi connectivity index (χ3n) is 12.3. The topological polar surface area (TPSA) is 130 Å². The van der Waals surface area contributed by atoms with E-state index in [-0.39, 0.29) is 48.3 Å². The van der Waals surface area contributed by atoms with Gasteiger partial charge in [-0.1, -0.05) is 136 Å². The zero-order chi connectivity index (χ0) is 39.1. The van der Waals surface area contributed by atoms with E-state index in [1.807, 2.05) is 0 Å². The second kappa shape index (κ2) is 26.7. The van der Waals surface area contributed by atoms with E-state index >= 15 is 0 Å². The molecular formula is C45H76O10. The molecule has 2 aliphatic heterocycles. The summed E-state index contributed by atoms with van der Waals surface area (Å²) in [6.07, 6.45) is 28.4. The monoisotopic (exact) mass is 777 g/mol. The first-order valence-corrected chi connectivity index (χ1v) is 22.9. The van der Waals surface area contributed by atoms with Gasteiger partial charge in [0.2, 0.25) is 0 Å². The Hall–Kier alpha value is -2.20. The second-order valence-corrected chi connectivity index (χ2v) is 16.9. The minimum absolute atomic E-state index is 0.0941. The summed E-state index contributed by atoms with van der Waals surface area (Å²) in [5.41, 5.74) is 0. The molecule has 8 atom stereocenters. The molecule has 2 heterocycles. The van der Waals surface area contributed by atoms with Crippen molar-refractivity contribution in [3.05, 3.63) is 0 Å². The fourth-order valence-corrected chi connectivity index (χ4v) is 8.57. The van der Waals surface area contributed by atoms with Crippen LogP contribution in [-0.2, 0) is 47.6 Å². The van der Waals surface area contributed by atoms with E-state index in [0.29, 0.717) is 52.1 Å². The molecule has 316 valence electrons. The molecule has 4 rings (SSSR count). The highest BCUT2D eigenvalue weighted by atomic mass is 16.6. The average molecular weight is 777 g/mol. The van der Waals surface area contributed by atoms with Crippen molar-refractivity contribution in [2.24, 2.45) is 23.7 Å². The van der Waals surface area contributed by atoms with Crippen LogP contribution in [-0.4, -0.2) is 74.7 Å². The summed E-state index contributed by atoms with van der Waals surface area (Å²) < 4.78 is 33.7. The van der Waals surface area contributed by atoms with Crippen LogP contribution < -0.4 is 0 Å². The van der Waals surface area contributed by atoms with Crippen LogP contribution in [0.15, 0.2) is 0 Å². The van der Waals surface area contributed by atoms with Crippen molar-refractivity contribution < 1.29 is 47.6 Å². The lowest BCUT2D eigenvalue weighted by Gasteiger charge is -2.26. The lowest BCUT2D eigenvalue weighted by molar-refractivity contribution is -0.162. The van der Waals surface area contributed by atoms with Crippen molar-refractivity contribution in [1.29, 1.82) is 0 Å². The molecule has 10 nitrogen and oxygen atoms in total. The van der Waals surface area contributed by atoms with E-state index in [9.17, 15) is 19.2 Å². The van der Waals surface area contributed by atoms with Gasteiger partial charge in [0.05, 0.1) is 74.5 Å². The van der Waals surface area contributed by atoms with Crippen LogP contribution >= 0.6 is 0 Å². The fourth-order valence-electron chi connectivity index (χ4n) is 8.57. The van der Waals surface area contributed by atoms with Gasteiger partial charge in [-0.2, -0.15) is 0 Å². The van der Waals surface area contributed by atoms with Gasteiger partial charge >= 0.3 is 23.9 Å². The van der Waals surface area contributed by atoms with E-state index in [1.165, 1.54) is 70.6 Å². The number of hydrogen-bond donors (Lipinski definition) is 0. The standard InChI is InChI=1S/C45H76O10/c1-3-5-7-18-22-26-50-42(46)34-30-38-40(54-38)32-36(34)44(48)52-28-24-20-16-14-12-10-9-11-13-15-17-21-25-29-53-45(49)37-33-41-39(55-41)31-35(37)43(47)51-27-23-19-8-6-4-2/h34-41H,3-33H2,1-2H3. The summed E-state index contributed by atoms with van der Waals surface area (Å²) in [5, 5.41) is 0. The van der Waals surface area contributed by atoms with Gasteiger partial charge in [0.25, 0.3) is 0 Å². The van der Waals surface area contributed by atoms with Gasteiger partial charge in [0, 0.05) is 0 Å². The Kier molecular flexibility index (Phi) is 22.1. The summed E-state index contributed by atoms with van der Waals surface area (Å²) in [6.45, 7) is 6.05. The SMILES string of the molecule is CCCCCCCOC(=O)C1CC2OC2CC1C(=O)OCCCCCCCCCCCCCCCOC(=O)C1CC2OC2CC1C(=O)OCCCCCCC. The van der Waals surface area contributed by atoms with Crippen molar-refractivity contribution in [3.63, 3.8) is 0 Å². The first-order chi connectivity index (χ1) is 26.9. The predicted molar refractivity (Wildman–Crippen MR) is 211 cm³/mol. The zero-order valence-corrected chi connectivity index (χ0v) is 34.6. The third kappa shape index (κ3) is 17.5. The van der Waals surface area contributed by atoms with Crippen molar-refractivity contribution in [2.45, 2.75) is 212 Å². The van der Waals surface area contributed by atoms with Crippen molar-refractivity contribution in [3.8, 4) is 0 Å². The zero-order valence-electron chi connectivity index (χ0n) is 34.6. The van der Waals surface area contributed by atoms with E-state index in [0.717, 1.165) is 77.0 Å². The molecule has 0 aromatic rings. The van der Waals surface area contributed by atoms with Crippen molar-refractivity contribution in [1.82, 2.24) is 0 Å². The number of esters is 4. The molecule has 0 aromatic heterocycles. The molecule has 8 unspecified atom stereocenters. The van der Waals surface area contributed by atoms with E-state index in [2.05, 4.69) is 13.8 Å². The summed E-state index contributed by atoms with van der Waals surface area (Å²) in [5.74, 6) is -2.83. The summed E-state index contributed by atoms with van der Waals surface area (Å²) >= 11 is 0. The third-order valence-corrected chi connectivity index (χ3v) is 12.3. The van der Waals surface area contributed by atoms with Gasteiger partial charge in [-0.15, -0.1) is 0 Å². The molecule has 0 amide bonds. The lowest BCUT2D eigenvalue weighted by atomic mass is 9.79. The fraction of sp³-hybridized carbons (Fsp3) is 0.911. The largest absolute Gasteiger partial charge is 0.465 e. The number of fused-ring (bicyclic) bond motifs is 2. The molecule has 0 bridgehead atoms. The number of epoxide rings is 2. The Morgan fingerprint density at radius 1 is 0.345 bits per heavy atom. The number of carbonyl (C=O) groups is 4. The average Bonchev–Trinajstić information content (AvgIpc) is 4.13. The predicted octanol–water partition coefficient (Wildman–Crippen LogP) is 9.76. The molecule has 2 aliphatic carbocycles. The molecule has 0 N–H and O–H groups in total. The minimum Gasteiger partial charge on any atom is -0.465 e. The quantitative estimate of drug-likeness (QED) is 0.0282. The van der Waals surface area contributed by atoms with E-state index in [1.54, 1.807) is 0 Å². The van der Waals surface area contributed by atoms with Crippen LogP contribution in [0.4, 0.5) is 0 Å². The Labute approximate surface area is 332 Å². The van der Waals surface area contributed by atoms with Crippen LogP contribution in [0.25, 0.3) is 0 Å². The minimum atomic E-state index is -0.448. The van der Waals surface area contributed by atoms with Gasteiger partial charge in [0.15, 0.2) is 0 Å². The maximum Gasteiger partial charge on any atom is 0.309 e. The number of unbranched alkanes of at least 4 members (excludes halogenated alkanes) is 20. The van der Waals surface area contributed by atoms with Gasteiger partial charge in [-0.3, -0.25) is 19.2 Å². The Balaban J connectivity index is 0.919. The summed E-state index contributed by atoms with van der Waals surface area (Å²) in [6, 6.07) is 0. The van der Waals surface area contributed by atoms with Gasteiger partial charge < -0.3 is 28.4 Å². The van der Waals surface area contributed by atoms with Crippen LogP contribution in [0.1, 0.15) is 187 Å². The summed E-state index contributed by atoms with van der Waals surface area (Å²) in [4.78, 5) is 51.5. The highest BCUT2D eigenvalue weighted by Gasteiger charge is 2.54. The molecule has 0 aromatic carbocycles. The molecular weight excluding hydrogens is 700 g/mol. The highest BCUT2D eigenvalue weighted by Crippen LogP contribution is 2.45. The van der Waals surface area contributed by atoms with Gasteiger partial charge in [0.1, 0.15) is 0 Å². The summed E-state index contributed by atoms with van der Waals surface area (Å²) in [7, 11) is 0. The highest BCUT2D eigenvalue weighted by molar-refractivity contribution is 5.83. The number of carbonyl (C=O) groups excluding carboxylic acids is 4. The molecule has 4 aliphatic rings. The van der Waals surface area contributed by atoms with Crippen LogP contribution in [0.2, 0.25) is 0 Å². The van der Waals surface area contributed by atoms with Crippen LogP contribution in [0, 0.1) is 23.7 Å². The molecule has 55 heavy (non-hydrogen) atoms. The smallest absolute Gasteiger partial charge is 0.309 e. The maximum absolute atomic E-state index is 12.9. The van der Waals surface area contributed by atoms with Gasteiger partial charge in [-0.05, 0) is 51.4 Å². The normalized spacial score (nSPS) is 26.4. The molecule has 0 spiro atoms. The molecule has 0 radical (unpaired) electrons. The Morgan fingerprint density at radius 3 is 0.764 bits per heavy atom. The molecule has 10 heteroatoms. The first kappa shape index (κ1) is 45.5. The van der Waals surface area contributed by atoms with E-state index < -0.39 is 23.7 Å². The van der Waals surface area contributed by atoms with Crippen LogP contribution in [0.5, 0.6) is 0 Å².